The molecule has 3 aromatic heterocycles. The molecule has 0 saturated carbocycles. The summed E-state index contributed by atoms with van der Waals surface area (Å²) in [5.74, 6) is -1.23. The second-order valence-electron chi connectivity index (χ2n) is 9.15. The molecule has 206 valence electrons. The van der Waals surface area contributed by atoms with E-state index in [9.17, 15) is 19.2 Å². The molecule has 13 heteroatoms. The molecule has 3 aromatic rings. The van der Waals surface area contributed by atoms with E-state index in [4.69, 9.17) is 9.84 Å². The SMILES string of the molecule is CCCNCCOc1ccc(NC(=O)c2n[nH]c3c2C(=O)CCC3)cn1.O=C(O)c1n[nH]c2c1C(=O)CCC2. The number of hydrogen-bond acceptors (Lipinski definition) is 9. The third kappa shape index (κ3) is 6.74. The molecule has 0 radical (unpaired) electrons. The van der Waals surface area contributed by atoms with Crippen molar-refractivity contribution in [3.8, 4) is 5.88 Å². The van der Waals surface area contributed by atoms with Crippen molar-refractivity contribution in [2.24, 2.45) is 0 Å². The number of carboxylic acids is 1. The Kier molecular flexibility index (Phi) is 9.15. The summed E-state index contributed by atoms with van der Waals surface area (Å²) in [6.07, 6.45) is 6.48. The van der Waals surface area contributed by atoms with E-state index in [2.05, 4.69) is 42.9 Å². The van der Waals surface area contributed by atoms with E-state index in [0.29, 0.717) is 48.7 Å². The molecule has 2 aliphatic rings. The molecule has 0 unspecified atom stereocenters. The number of ether oxygens (including phenoxy) is 1. The van der Waals surface area contributed by atoms with Crippen LogP contribution in [-0.2, 0) is 12.8 Å². The van der Waals surface area contributed by atoms with Crippen LogP contribution in [-0.4, -0.2) is 73.6 Å². The molecule has 0 fully saturated rings. The maximum absolute atomic E-state index is 12.4. The average molecular weight is 538 g/mol. The van der Waals surface area contributed by atoms with Gasteiger partial charge in [-0.25, -0.2) is 9.78 Å². The van der Waals surface area contributed by atoms with Crippen LogP contribution in [0.4, 0.5) is 5.69 Å². The second-order valence-corrected chi connectivity index (χ2v) is 9.15. The smallest absolute Gasteiger partial charge is 0.357 e. The number of carbonyl (C=O) groups is 4. The highest BCUT2D eigenvalue weighted by molar-refractivity contribution is 6.12. The van der Waals surface area contributed by atoms with Gasteiger partial charge in [0.25, 0.3) is 5.91 Å². The van der Waals surface area contributed by atoms with Gasteiger partial charge in [0.05, 0.1) is 23.0 Å². The topological polar surface area (TPSA) is 192 Å². The second kappa shape index (κ2) is 12.9. The quantitative estimate of drug-likeness (QED) is 0.253. The monoisotopic (exact) mass is 537 g/mol. The summed E-state index contributed by atoms with van der Waals surface area (Å²) in [5, 5.41) is 27.7. The van der Waals surface area contributed by atoms with Crippen LogP contribution in [0.5, 0.6) is 5.88 Å². The zero-order chi connectivity index (χ0) is 27.8. The number of aromatic amines is 2. The van der Waals surface area contributed by atoms with Crippen molar-refractivity contribution < 1.29 is 29.0 Å². The van der Waals surface area contributed by atoms with Gasteiger partial charge in [0.2, 0.25) is 5.88 Å². The fourth-order valence-electron chi connectivity index (χ4n) is 4.40. The summed E-state index contributed by atoms with van der Waals surface area (Å²) in [6, 6.07) is 3.40. The Balaban J connectivity index is 0.000000226. The number of amides is 1. The normalized spacial score (nSPS) is 14.1. The first-order valence-electron chi connectivity index (χ1n) is 12.9. The standard InChI is InChI=1S/C18H23N5O3.C8H8N2O3/c1-2-8-19-9-10-26-15-7-6-12(11-20-15)21-18(25)17-16-13(22-23-17)4-3-5-14(16)24;11-5-3-1-2-4-6(5)7(8(12)13)10-9-4/h6-7,11,19H,2-5,8-10H2,1H3,(H,21,25)(H,22,23);1-3H2,(H,9,10)(H,12,13). The molecule has 2 aliphatic carbocycles. The van der Waals surface area contributed by atoms with E-state index in [1.165, 1.54) is 6.20 Å². The maximum atomic E-state index is 12.4. The number of aromatic carboxylic acids is 1. The molecule has 3 heterocycles. The molecule has 5 N–H and O–H groups in total. The number of rotatable bonds is 9. The number of pyridine rings is 1. The Morgan fingerprint density at radius 2 is 1.59 bits per heavy atom. The number of nitrogens with zero attached hydrogens (tertiary/aromatic N) is 3. The highest BCUT2D eigenvalue weighted by Crippen LogP contribution is 2.24. The van der Waals surface area contributed by atoms with E-state index in [-0.39, 0.29) is 28.5 Å². The maximum Gasteiger partial charge on any atom is 0.357 e. The van der Waals surface area contributed by atoms with Crippen molar-refractivity contribution in [2.45, 2.75) is 51.9 Å². The minimum atomic E-state index is -1.15. The lowest BCUT2D eigenvalue weighted by atomic mass is 9.94. The summed E-state index contributed by atoms with van der Waals surface area (Å²) in [4.78, 5) is 50.7. The highest BCUT2D eigenvalue weighted by Gasteiger charge is 2.28. The number of ketones is 2. The molecule has 5 rings (SSSR count). The number of fused-ring (bicyclic) bond motifs is 2. The van der Waals surface area contributed by atoms with Crippen molar-refractivity contribution >= 4 is 29.1 Å². The molecular formula is C26H31N7O6. The third-order valence-electron chi connectivity index (χ3n) is 6.27. The van der Waals surface area contributed by atoms with Gasteiger partial charge in [-0.1, -0.05) is 6.92 Å². The number of hydrogen-bond donors (Lipinski definition) is 5. The number of aryl methyl sites for hydroxylation is 2. The van der Waals surface area contributed by atoms with Gasteiger partial charge in [-0.3, -0.25) is 24.6 Å². The van der Waals surface area contributed by atoms with E-state index in [1.807, 2.05) is 0 Å². The van der Waals surface area contributed by atoms with Gasteiger partial charge in [0, 0.05) is 36.8 Å². The Hall–Kier alpha value is -4.39. The summed E-state index contributed by atoms with van der Waals surface area (Å²) < 4.78 is 5.52. The van der Waals surface area contributed by atoms with Crippen molar-refractivity contribution in [2.75, 3.05) is 25.0 Å². The van der Waals surface area contributed by atoms with Crippen molar-refractivity contribution in [1.82, 2.24) is 30.7 Å². The van der Waals surface area contributed by atoms with E-state index < -0.39 is 11.9 Å². The summed E-state index contributed by atoms with van der Waals surface area (Å²) in [5.41, 5.74) is 2.62. The molecule has 0 aliphatic heterocycles. The van der Waals surface area contributed by atoms with Gasteiger partial charge < -0.3 is 20.5 Å². The summed E-state index contributed by atoms with van der Waals surface area (Å²) in [6.45, 7) is 4.35. The minimum Gasteiger partial charge on any atom is -0.476 e. The zero-order valence-electron chi connectivity index (χ0n) is 21.6. The van der Waals surface area contributed by atoms with Gasteiger partial charge in [-0.05, 0) is 44.7 Å². The first-order chi connectivity index (χ1) is 18.9. The molecular weight excluding hydrogens is 506 g/mol. The van der Waals surface area contributed by atoms with Gasteiger partial charge >= 0.3 is 5.97 Å². The molecule has 39 heavy (non-hydrogen) atoms. The van der Waals surface area contributed by atoms with Crippen LogP contribution in [0.1, 0.15) is 92.1 Å². The lowest BCUT2D eigenvalue weighted by molar-refractivity contribution is 0.0684. The predicted molar refractivity (Wildman–Crippen MR) is 140 cm³/mol. The number of carboxylic acid groups (broad SMARTS) is 1. The largest absolute Gasteiger partial charge is 0.476 e. The number of nitrogens with one attached hydrogen (secondary N) is 4. The predicted octanol–water partition coefficient (Wildman–Crippen LogP) is 2.58. The molecule has 0 atom stereocenters. The van der Waals surface area contributed by atoms with Gasteiger partial charge in [-0.2, -0.15) is 10.2 Å². The Bertz CT molecular complexity index is 1350. The number of Topliss-reactive ketones (excluding diaryl/α,β-unsaturated/α-hetero) is 2. The van der Waals surface area contributed by atoms with Crippen molar-refractivity contribution in [3.63, 3.8) is 0 Å². The molecule has 13 nitrogen and oxygen atoms in total. The van der Waals surface area contributed by atoms with Crippen LogP contribution in [0.2, 0.25) is 0 Å². The fraction of sp³-hybridized carbons (Fsp3) is 0.423. The fourth-order valence-corrected chi connectivity index (χ4v) is 4.40. The van der Waals surface area contributed by atoms with Gasteiger partial charge in [0.1, 0.15) is 6.61 Å². The molecule has 1 amide bonds. The van der Waals surface area contributed by atoms with Gasteiger partial charge in [0.15, 0.2) is 23.0 Å². The molecule has 0 spiro atoms. The van der Waals surface area contributed by atoms with E-state index in [0.717, 1.165) is 44.5 Å². The Morgan fingerprint density at radius 1 is 0.949 bits per heavy atom. The zero-order valence-corrected chi connectivity index (χ0v) is 21.6. The van der Waals surface area contributed by atoms with Crippen LogP contribution in [0.25, 0.3) is 0 Å². The molecule has 0 bridgehead atoms. The van der Waals surface area contributed by atoms with Crippen molar-refractivity contribution in [1.29, 1.82) is 0 Å². The van der Waals surface area contributed by atoms with Crippen LogP contribution >= 0.6 is 0 Å². The minimum absolute atomic E-state index is 0.0382. The summed E-state index contributed by atoms with van der Waals surface area (Å²) in [7, 11) is 0. The molecule has 0 saturated heterocycles. The molecule has 0 aromatic carbocycles. The van der Waals surface area contributed by atoms with Crippen molar-refractivity contribution in [3.05, 3.63) is 52.2 Å². The Labute approximate surface area is 224 Å². The third-order valence-corrected chi connectivity index (χ3v) is 6.27. The van der Waals surface area contributed by atoms with Crippen LogP contribution in [0.15, 0.2) is 18.3 Å². The van der Waals surface area contributed by atoms with E-state index in [1.54, 1.807) is 12.1 Å². The average Bonchev–Trinajstić information content (AvgIpc) is 3.56. The number of aromatic nitrogens is 5. The first-order valence-corrected chi connectivity index (χ1v) is 12.9. The lowest BCUT2D eigenvalue weighted by Gasteiger charge is -2.10. The highest BCUT2D eigenvalue weighted by atomic mass is 16.5. The number of carbonyl (C=O) groups excluding carboxylic acids is 3. The van der Waals surface area contributed by atoms with Crippen LogP contribution < -0.4 is 15.4 Å². The van der Waals surface area contributed by atoms with Crippen LogP contribution in [0.3, 0.4) is 0 Å². The number of anilines is 1. The van der Waals surface area contributed by atoms with Gasteiger partial charge in [-0.15, -0.1) is 0 Å². The van der Waals surface area contributed by atoms with Crippen LogP contribution in [0, 0.1) is 0 Å². The first kappa shape index (κ1) is 27.6. The summed E-state index contributed by atoms with van der Waals surface area (Å²) >= 11 is 0. The number of H-pyrrole nitrogens is 2. The Morgan fingerprint density at radius 3 is 2.18 bits per heavy atom. The lowest BCUT2D eigenvalue weighted by Crippen LogP contribution is -2.21. The van der Waals surface area contributed by atoms with E-state index >= 15 is 0 Å².